The van der Waals surface area contributed by atoms with Gasteiger partial charge >= 0.3 is 0 Å². The summed E-state index contributed by atoms with van der Waals surface area (Å²) in [6.45, 7) is 2.35. The molecule has 114 valence electrons. The second-order valence-electron chi connectivity index (χ2n) is 4.62. The van der Waals surface area contributed by atoms with Crippen LogP contribution in [0.15, 0.2) is 34.5 Å². The molecule has 0 radical (unpaired) electrons. The smallest absolute Gasteiger partial charge is 0.240 e. The number of hydrogen-bond acceptors (Lipinski definition) is 4. The first-order valence-corrected chi connectivity index (χ1v) is 9.19. The third kappa shape index (κ3) is 4.05. The molecule has 21 heavy (non-hydrogen) atoms. The summed E-state index contributed by atoms with van der Waals surface area (Å²) in [4.78, 5) is 1.34. The van der Waals surface area contributed by atoms with Gasteiger partial charge in [0.1, 0.15) is 0 Å². The highest BCUT2D eigenvalue weighted by Crippen LogP contribution is 2.24. The third-order valence-corrected chi connectivity index (χ3v) is 5.93. The molecule has 0 saturated heterocycles. The molecule has 0 atom stereocenters. The molecule has 0 aliphatic carbocycles. The topological polar surface area (TPSA) is 72.2 Å². The SMILES string of the molecule is Cc1c(CN)cc(Cl)cc1S(=O)(=O)NCCc1cccs1. The summed E-state index contributed by atoms with van der Waals surface area (Å²) >= 11 is 7.58. The molecule has 0 aliphatic rings. The second kappa shape index (κ2) is 6.89. The second-order valence-corrected chi connectivity index (χ2v) is 7.82. The van der Waals surface area contributed by atoms with E-state index in [0.717, 1.165) is 10.4 Å². The van der Waals surface area contributed by atoms with Gasteiger partial charge in [0.2, 0.25) is 10.0 Å². The molecule has 7 heteroatoms. The summed E-state index contributed by atoms with van der Waals surface area (Å²) in [6.07, 6.45) is 0.667. The van der Waals surface area contributed by atoms with Crippen molar-refractivity contribution in [3.63, 3.8) is 0 Å². The van der Waals surface area contributed by atoms with E-state index >= 15 is 0 Å². The zero-order valence-electron chi connectivity index (χ0n) is 11.6. The number of halogens is 1. The van der Waals surface area contributed by atoms with E-state index in [2.05, 4.69) is 4.72 Å². The van der Waals surface area contributed by atoms with Gasteiger partial charge in [-0.2, -0.15) is 0 Å². The van der Waals surface area contributed by atoms with Gasteiger partial charge in [0.05, 0.1) is 4.90 Å². The molecule has 0 amide bonds. The van der Waals surface area contributed by atoms with Crippen LogP contribution in [0.5, 0.6) is 0 Å². The van der Waals surface area contributed by atoms with Gasteiger partial charge in [-0.15, -0.1) is 11.3 Å². The Labute approximate surface area is 134 Å². The van der Waals surface area contributed by atoms with Crippen molar-refractivity contribution in [1.29, 1.82) is 0 Å². The molecule has 2 aromatic rings. The average molecular weight is 345 g/mol. The van der Waals surface area contributed by atoms with Gasteiger partial charge in [0, 0.05) is 23.0 Å². The summed E-state index contributed by atoms with van der Waals surface area (Å²) < 4.78 is 27.4. The number of nitrogens with one attached hydrogen (secondary N) is 1. The summed E-state index contributed by atoms with van der Waals surface area (Å²) in [5.74, 6) is 0. The number of benzene rings is 1. The van der Waals surface area contributed by atoms with Crippen LogP contribution in [0.4, 0.5) is 0 Å². The lowest BCUT2D eigenvalue weighted by Gasteiger charge is -2.12. The Morgan fingerprint density at radius 3 is 2.76 bits per heavy atom. The van der Waals surface area contributed by atoms with E-state index in [1.54, 1.807) is 24.3 Å². The van der Waals surface area contributed by atoms with Crippen molar-refractivity contribution >= 4 is 33.0 Å². The van der Waals surface area contributed by atoms with Crippen LogP contribution < -0.4 is 10.5 Å². The number of nitrogens with two attached hydrogens (primary N) is 1. The van der Waals surface area contributed by atoms with Crippen LogP contribution in [-0.2, 0) is 23.0 Å². The minimum absolute atomic E-state index is 0.196. The van der Waals surface area contributed by atoms with Crippen LogP contribution >= 0.6 is 22.9 Å². The molecule has 0 fully saturated rings. The molecule has 0 aliphatic heterocycles. The Bertz CT molecular complexity index is 713. The lowest BCUT2D eigenvalue weighted by atomic mass is 10.1. The zero-order valence-corrected chi connectivity index (χ0v) is 14.0. The van der Waals surface area contributed by atoms with Crippen LogP contribution in [0, 0.1) is 6.92 Å². The summed E-state index contributed by atoms with van der Waals surface area (Å²) in [7, 11) is -3.58. The maximum Gasteiger partial charge on any atom is 0.240 e. The average Bonchev–Trinajstić information content (AvgIpc) is 2.93. The minimum atomic E-state index is -3.58. The summed E-state index contributed by atoms with van der Waals surface area (Å²) in [6, 6.07) is 7.09. The number of hydrogen-bond donors (Lipinski definition) is 2. The molecular weight excluding hydrogens is 328 g/mol. The maximum absolute atomic E-state index is 12.4. The number of thiophene rings is 1. The largest absolute Gasteiger partial charge is 0.326 e. The predicted octanol–water partition coefficient (Wildman–Crippen LogP) is 2.69. The molecular formula is C14H17ClN2O2S2. The standard InChI is InChI=1S/C14H17ClN2O2S2/c1-10-11(9-16)7-12(15)8-14(10)21(18,19)17-5-4-13-3-2-6-20-13/h2-3,6-8,17H,4-5,9,16H2,1H3. The van der Waals surface area contributed by atoms with Crippen LogP contribution in [0.25, 0.3) is 0 Å². The Kier molecular flexibility index (Phi) is 5.40. The fourth-order valence-electron chi connectivity index (χ4n) is 2.04. The Morgan fingerprint density at radius 1 is 1.38 bits per heavy atom. The molecule has 0 bridgehead atoms. The molecule has 1 heterocycles. The molecule has 2 rings (SSSR count). The van der Waals surface area contributed by atoms with Gasteiger partial charge in [0.15, 0.2) is 0 Å². The first kappa shape index (κ1) is 16.5. The van der Waals surface area contributed by atoms with Crippen LogP contribution in [-0.4, -0.2) is 15.0 Å². The van der Waals surface area contributed by atoms with Gasteiger partial charge in [-0.05, 0) is 48.1 Å². The number of sulfonamides is 1. The van der Waals surface area contributed by atoms with E-state index in [-0.39, 0.29) is 11.4 Å². The molecule has 0 unspecified atom stereocenters. The van der Waals surface area contributed by atoms with Crippen molar-refractivity contribution in [2.75, 3.05) is 6.54 Å². The lowest BCUT2D eigenvalue weighted by Crippen LogP contribution is -2.27. The van der Waals surface area contributed by atoms with Gasteiger partial charge < -0.3 is 5.73 Å². The summed E-state index contributed by atoms with van der Waals surface area (Å²) in [5, 5.41) is 2.35. The summed E-state index contributed by atoms with van der Waals surface area (Å²) in [5.41, 5.74) is 7.00. The van der Waals surface area contributed by atoms with Gasteiger partial charge in [-0.3, -0.25) is 0 Å². The highest BCUT2D eigenvalue weighted by atomic mass is 35.5. The first-order valence-electron chi connectivity index (χ1n) is 6.45. The van der Waals surface area contributed by atoms with Crippen molar-refractivity contribution < 1.29 is 8.42 Å². The van der Waals surface area contributed by atoms with Crippen molar-refractivity contribution in [3.05, 3.63) is 50.7 Å². The highest BCUT2D eigenvalue weighted by Gasteiger charge is 2.19. The predicted molar refractivity (Wildman–Crippen MR) is 87.3 cm³/mol. The van der Waals surface area contributed by atoms with Crippen molar-refractivity contribution in [3.8, 4) is 0 Å². The van der Waals surface area contributed by atoms with Crippen molar-refractivity contribution in [2.24, 2.45) is 5.73 Å². The van der Waals surface area contributed by atoms with E-state index in [1.165, 1.54) is 6.07 Å². The van der Waals surface area contributed by atoms with E-state index < -0.39 is 10.0 Å². The van der Waals surface area contributed by atoms with E-state index in [4.69, 9.17) is 17.3 Å². The fourth-order valence-corrected chi connectivity index (χ4v) is 4.40. The van der Waals surface area contributed by atoms with Gasteiger partial charge in [-0.25, -0.2) is 13.1 Å². The Balaban J connectivity index is 2.17. The molecule has 3 N–H and O–H groups in total. The van der Waals surface area contributed by atoms with E-state index in [1.807, 2.05) is 17.5 Å². The highest BCUT2D eigenvalue weighted by molar-refractivity contribution is 7.89. The molecule has 1 aromatic heterocycles. The monoisotopic (exact) mass is 344 g/mol. The van der Waals surface area contributed by atoms with Gasteiger partial charge in [-0.1, -0.05) is 17.7 Å². The minimum Gasteiger partial charge on any atom is -0.326 e. The van der Waals surface area contributed by atoms with Crippen molar-refractivity contribution in [1.82, 2.24) is 4.72 Å². The first-order chi connectivity index (χ1) is 9.94. The van der Waals surface area contributed by atoms with Crippen LogP contribution in [0.1, 0.15) is 16.0 Å². The lowest BCUT2D eigenvalue weighted by molar-refractivity contribution is 0.581. The third-order valence-electron chi connectivity index (χ3n) is 3.19. The van der Waals surface area contributed by atoms with Gasteiger partial charge in [0.25, 0.3) is 0 Å². The Morgan fingerprint density at radius 2 is 2.14 bits per heavy atom. The molecule has 0 spiro atoms. The normalized spacial score (nSPS) is 11.8. The van der Waals surface area contributed by atoms with Crippen LogP contribution in [0.3, 0.4) is 0 Å². The Hall–Kier alpha value is -0.920. The quantitative estimate of drug-likeness (QED) is 0.846. The fraction of sp³-hybridized carbons (Fsp3) is 0.286. The van der Waals surface area contributed by atoms with Crippen LogP contribution in [0.2, 0.25) is 5.02 Å². The molecule has 1 aromatic carbocycles. The van der Waals surface area contributed by atoms with Crippen molar-refractivity contribution in [2.45, 2.75) is 24.8 Å². The molecule has 0 saturated carbocycles. The van der Waals surface area contributed by atoms with E-state index in [9.17, 15) is 8.42 Å². The zero-order chi connectivity index (χ0) is 15.5. The number of rotatable bonds is 6. The maximum atomic E-state index is 12.4. The van der Waals surface area contributed by atoms with E-state index in [0.29, 0.717) is 23.6 Å². The molecule has 4 nitrogen and oxygen atoms in total.